The number of aliphatic hydroxyl groups is 2. The first kappa shape index (κ1) is 28.8. The number of benzene rings is 4. The van der Waals surface area contributed by atoms with Gasteiger partial charge in [-0.3, -0.25) is 19.2 Å². The van der Waals surface area contributed by atoms with Crippen molar-refractivity contribution in [1.29, 1.82) is 0 Å². The lowest BCUT2D eigenvalue weighted by molar-refractivity contribution is -0.131. The maximum absolute atomic E-state index is 13.2. The van der Waals surface area contributed by atoms with Crippen molar-refractivity contribution in [3.05, 3.63) is 119 Å². The molecule has 4 aromatic carbocycles. The van der Waals surface area contributed by atoms with Crippen LogP contribution in [0.5, 0.6) is 11.5 Å². The van der Waals surface area contributed by atoms with E-state index in [0.717, 1.165) is 0 Å². The minimum Gasteiger partial charge on any atom is -0.494 e. The molecule has 4 aromatic rings. The lowest BCUT2D eigenvalue weighted by Crippen LogP contribution is -2.50. The molecule has 222 valence electrons. The Balaban J connectivity index is 1.04. The molecule has 10 nitrogen and oxygen atoms in total. The first-order valence-electron chi connectivity index (χ1n) is 14.0. The van der Waals surface area contributed by atoms with Crippen molar-refractivity contribution in [1.82, 2.24) is 0 Å². The molecule has 2 heterocycles. The van der Waals surface area contributed by atoms with E-state index in [1.165, 1.54) is 36.4 Å². The van der Waals surface area contributed by atoms with Crippen molar-refractivity contribution < 1.29 is 38.9 Å². The summed E-state index contributed by atoms with van der Waals surface area (Å²) in [5, 5.41) is 27.4. The molecule has 0 saturated carbocycles. The normalized spacial score (nSPS) is 20.7. The van der Waals surface area contributed by atoms with E-state index >= 15 is 0 Å². The number of amides is 2. The zero-order chi connectivity index (χ0) is 30.9. The zero-order valence-corrected chi connectivity index (χ0v) is 23.4. The molecule has 0 aliphatic carbocycles. The number of nitrogens with one attached hydrogen (secondary N) is 2. The Morgan fingerprint density at radius 3 is 1.32 bits per heavy atom. The molecule has 6 rings (SSSR count). The van der Waals surface area contributed by atoms with E-state index in [0.29, 0.717) is 48.9 Å². The molecule has 0 bridgehead atoms. The van der Waals surface area contributed by atoms with Gasteiger partial charge in [0.1, 0.15) is 11.5 Å². The van der Waals surface area contributed by atoms with Crippen LogP contribution >= 0.6 is 0 Å². The Morgan fingerprint density at radius 1 is 0.545 bits per heavy atom. The van der Waals surface area contributed by atoms with Gasteiger partial charge in [-0.1, -0.05) is 60.7 Å². The van der Waals surface area contributed by atoms with Gasteiger partial charge in [0.2, 0.25) is 22.8 Å². The molecule has 2 amide bonds. The lowest BCUT2D eigenvalue weighted by Gasteiger charge is -2.31. The van der Waals surface area contributed by atoms with Gasteiger partial charge in [0.05, 0.1) is 24.6 Å². The molecule has 0 spiro atoms. The van der Waals surface area contributed by atoms with Crippen molar-refractivity contribution in [3.8, 4) is 11.5 Å². The highest BCUT2D eigenvalue weighted by atomic mass is 16.5. The third kappa shape index (κ3) is 4.89. The number of hydrogen-bond donors (Lipinski definition) is 4. The summed E-state index contributed by atoms with van der Waals surface area (Å²) in [5.74, 6) is -2.26. The van der Waals surface area contributed by atoms with Gasteiger partial charge in [0, 0.05) is 22.3 Å². The summed E-state index contributed by atoms with van der Waals surface area (Å²) in [6, 6.07) is 25.5. The Labute approximate surface area is 252 Å². The summed E-state index contributed by atoms with van der Waals surface area (Å²) in [6.07, 6.45) is 1.20. The fourth-order valence-electron chi connectivity index (χ4n) is 5.31. The molecule has 2 unspecified atom stereocenters. The van der Waals surface area contributed by atoms with Gasteiger partial charge >= 0.3 is 0 Å². The minimum absolute atomic E-state index is 0.147. The van der Waals surface area contributed by atoms with Crippen molar-refractivity contribution in [3.63, 3.8) is 0 Å². The molecular formula is C34H28N2O8. The minimum atomic E-state index is -2.34. The third-order valence-corrected chi connectivity index (χ3v) is 7.74. The van der Waals surface area contributed by atoms with Gasteiger partial charge in [-0.15, -0.1) is 0 Å². The van der Waals surface area contributed by atoms with Crippen LogP contribution in [0.4, 0.5) is 11.4 Å². The number of Topliss-reactive ketones (excluding diaryl/α,β-unsaturated/α-hetero) is 2. The summed E-state index contributed by atoms with van der Waals surface area (Å²) >= 11 is 0. The zero-order valence-electron chi connectivity index (χ0n) is 23.4. The van der Waals surface area contributed by atoms with E-state index in [4.69, 9.17) is 9.47 Å². The van der Waals surface area contributed by atoms with Gasteiger partial charge in [0.25, 0.3) is 11.8 Å². The summed E-state index contributed by atoms with van der Waals surface area (Å²) in [5.41, 5.74) is -3.42. The van der Waals surface area contributed by atoms with E-state index in [-0.39, 0.29) is 22.3 Å². The number of ether oxygens (including phenoxy) is 2. The van der Waals surface area contributed by atoms with E-state index < -0.39 is 34.6 Å². The second-order valence-corrected chi connectivity index (χ2v) is 10.5. The Morgan fingerprint density at radius 2 is 0.932 bits per heavy atom. The summed E-state index contributed by atoms with van der Waals surface area (Å²) in [7, 11) is 0. The second-order valence-electron chi connectivity index (χ2n) is 10.5. The maximum atomic E-state index is 13.2. The molecule has 0 fully saturated rings. The third-order valence-electron chi connectivity index (χ3n) is 7.74. The molecule has 0 saturated heterocycles. The van der Waals surface area contributed by atoms with Crippen LogP contribution in [0.25, 0.3) is 0 Å². The van der Waals surface area contributed by atoms with Gasteiger partial charge in [-0.25, -0.2) is 0 Å². The summed E-state index contributed by atoms with van der Waals surface area (Å²) < 4.78 is 11.6. The number of unbranched alkanes of at least 4 members (excludes halogenated alkanes) is 1. The molecule has 0 aromatic heterocycles. The number of anilines is 2. The van der Waals surface area contributed by atoms with Crippen LogP contribution in [0.1, 0.15) is 44.7 Å². The number of ketones is 2. The quantitative estimate of drug-likeness (QED) is 0.168. The number of carbonyl (C=O) groups excluding carboxylic acids is 4. The SMILES string of the molecule is O=C1Nc2ccc(OCCCCOc3ccc4c(c3)C(=O)C(O)(c3ccccc3)C(=O)N4)cc2C(=O)C1(O)c1ccccc1. The number of hydrogen-bond acceptors (Lipinski definition) is 8. The fourth-order valence-corrected chi connectivity index (χ4v) is 5.31. The highest BCUT2D eigenvalue weighted by Crippen LogP contribution is 2.38. The maximum Gasteiger partial charge on any atom is 0.269 e. The topological polar surface area (TPSA) is 151 Å². The van der Waals surface area contributed by atoms with E-state index in [9.17, 15) is 29.4 Å². The van der Waals surface area contributed by atoms with Crippen molar-refractivity contribution in [2.45, 2.75) is 24.0 Å². The van der Waals surface area contributed by atoms with Crippen molar-refractivity contribution in [2.75, 3.05) is 23.8 Å². The first-order chi connectivity index (χ1) is 21.2. The van der Waals surface area contributed by atoms with Crippen LogP contribution in [0.2, 0.25) is 0 Å². The monoisotopic (exact) mass is 592 g/mol. The molecule has 10 heteroatoms. The molecule has 2 aliphatic heterocycles. The lowest BCUT2D eigenvalue weighted by atomic mass is 9.82. The standard InChI is InChI=1S/C34H28N2O8/c37-29-25-19-23(13-15-27(25)35-31(39)33(29,41)21-9-3-1-4-10-21)43-17-7-8-18-44-24-14-16-28-26(20-24)30(38)34(42,32(40)36-28)22-11-5-2-6-12-22/h1-6,9-16,19-20,41-42H,7-8,17-18H2,(H,35,39)(H,36,40). The number of fused-ring (bicyclic) bond motifs is 2. The van der Waals surface area contributed by atoms with Crippen LogP contribution in [-0.2, 0) is 20.8 Å². The summed E-state index contributed by atoms with van der Waals surface area (Å²) in [6.45, 7) is 0.620. The average Bonchev–Trinajstić information content (AvgIpc) is 3.05. The van der Waals surface area contributed by atoms with Crippen LogP contribution in [0.15, 0.2) is 97.1 Å². The van der Waals surface area contributed by atoms with E-state index in [2.05, 4.69) is 10.6 Å². The van der Waals surface area contributed by atoms with Gasteiger partial charge in [-0.2, -0.15) is 0 Å². The fraction of sp³-hybridized carbons (Fsp3) is 0.176. The van der Waals surface area contributed by atoms with Gasteiger partial charge in [-0.05, 0) is 49.2 Å². The van der Waals surface area contributed by atoms with Crippen molar-refractivity contribution >= 4 is 34.8 Å². The largest absolute Gasteiger partial charge is 0.494 e. The molecule has 4 N–H and O–H groups in total. The highest BCUT2D eigenvalue weighted by molar-refractivity contribution is 6.27. The van der Waals surface area contributed by atoms with Crippen LogP contribution in [0, 0.1) is 0 Å². The van der Waals surface area contributed by atoms with Crippen molar-refractivity contribution in [2.24, 2.45) is 0 Å². The molecule has 44 heavy (non-hydrogen) atoms. The molecule has 2 atom stereocenters. The van der Waals surface area contributed by atoms with Gasteiger partial charge in [0.15, 0.2) is 0 Å². The number of carbonyl (C=O) groups is 4. The molecular weight excluding hydrogens is 564 g/mol. The van der Waals surface area contributed by atoms with Crippen LogP contribution < -0.4 is 20.1 Å². The Bertz CT molecular complexity index is 1640. The van der Waals surface area contributed by atoms with Crippen LogP contribution in [0.3, 0.4) is 0 Å². The van der Waals surface area contributed by atoms with Gasteiger partial charge < -0.3 is 30.3 Å². The summed E-state index contributed by atoms with van der Waals surface area (Å²) in [4.78, 5) is 51.8. The van der Waals surface area contributed by atoms with E-state index in [1.54, 1.807) is 60.7 Å². The first-order valence-corrected chi connectivity index (χ1v) is 14.0. The smallest absolute Gasteiger partial charge is 0.269 e. The molecule has 0 radical (unpaired) electrons. The molecule has 2 aliphatic rings. The van der Waals surface area contributed by atoms with E-state index in [1.807, 2.05) is 0 Å². The Hall–Kier alpha value is -5.32. The predicted molar refractivity (Wildman–Crippen MR) is 160 cm³/mol. The Kier molecular flexibility index (Phi) is 7.46. The highest BCUT2D eigenvalue weighted by Gasteiger charge is 2.51. The van der Waals surface area contributed by atoms with Crippen LogP contribution in [-0.4, -0.2) is 46.8 Å². The second kappa shape index (κ2) is 11.4. The predicted octanol–water partition coefficient (Wildman–Crippen LogP) is 3.97. The number of rotatable bonds is 9. The average molecular weight is 593 g/mol.